The van der Waals surface area contributed by atoms with Crippen LogP contribution in [0.15, 0.2) is 36.9 Å². The van der Waals surface area contributed by atoms with E-state index in [2.05, 4.69) is 25.6 Å². The van der Waals surface area contributed by atoms with E-state index in [-0.39, 0.29) is 0 Å². The first-order chi connectivity index (χ1) is 10.4. The molecule has 0 spiro atoms. The smallest absolute Gasteiger partial charge is 0.129 e. The molecule has 0 saturated carbocycles. The Morgan fingerprint density at radius 1 is 1.24 bits per heavy atom. The highest BCUT2D eigenvalue weighted by molar-refractivity contribution is 5.40. The average molecular weight is 285 g/mol. The van der Waals surface area contributed by atoms with Gasteiger partial charge < -0.3 is 15.4 Å². The molecule has 1 atom stereocenters. The zero-order valence-electron chi connectivity index (χ0n) is 11.8. The van der Waals surface area contributed by atoms with Crippen LogP contribution in [-0.2, 0) is 4.74 Å². The molecule has 6 nitrogen and oxygen atoms in total. The van der Waals surface area contributed by atoms with Crippen LogP contribution in [0.2, 0.25) is 0 Å². The van der Waals surface area contributed by atoms with Gasteiger partial charge in [0.15, 0.2) is 0 Å². The molecule has 3 rings (SSSR count). The van der Waals surface area contributed by atoms with Crippen LogP contribution in [0, 0.1) is 0 Å². The fourth-order valence-electron chi connectivity index (χ4n) is 2.32. The van der Waals surface area contributed by atoms with Gasteiger partial charge in [0, 0.05) is 44.1 Å². The Morgan fingerprint density at radius 2 is 2.19 bits per heavy atom. The SMILES string of the molecule is c1cncc(NCCNc2cc(C3CCOC3)ncn2)c1. The predicted octanol–water partition coefficient (Wildman–Crippen LogP) is 1.90. The van der Waals surface area contributed by atoms with Crippen LogP contribution in [0.5, 0.6) is 0 Å². The molecule has 3 heterocycles. The van der Waals surface area contributed by atoms with Gasteiger partial charge in [0.2, 0.25) is 0 Å². The molecular weight excluding hydrogens is 266 g/mol. The largest absolute Gasteiger partial charge is 0.382 e. The summed E-state index contributed by atoms with van der Waals surface area (Å²) >= 11 is 0. The molecule has 1 unspecified atom stereocenters. The van der Waals surface area contributed by atoms with Crippen molar-refractivity contribution in [1.82, 2.24) is 15.0 Å². The van der Waals surface area contributed by atoms with Crippen molar-refractivity contribution in [3.8, 4) is 0 Å². The molecule has 2 aromatic rings. The van der Waals surface area contributed by atoms with E-state index in [4.69, 9.17) is 4.74 Å². The summed E-state index contributed by atoms with van der Waals surface area (Å²) in [6.45, 7) is 3.18. The molecule has 1 aliphatic heterocycles. The Kier molecular flexibility index (Phi) is 4.58. The summed E-state index contributed by atoms with van der Waals surface area (Å²) in [6.07, 6.45) is 6.23. The number of ether oxygens (including phenoxy) is 1. The van der Waals surface area contributed by atoms with Crippen LogP contribution >= 0.6 is 0 Å². The number of anilines is 2. The van der Waals surface area contributed by atoms with Gasteiger partial charge in [-0.2, -0.15) is 0 Å². The number of aromatic nitrogens is 3. The van der Waals surface area contributed by atoms with Crippen molar-refractivity contribution >= 4 is 11.5 Å². The molecule has 6 heteroatoms. The molecule has 1 aliphatic rings. The third-order valence-corrected chi connectivity index (χ3v) is 3.46. The Balaban J connectivity index is 1.48. The van der Waals surface area contributed by atoms with Gasteiger partial charge >= 0.3 is 0 Å². The van der Waals surface area contributed by atoms with E-state index >= 15 is 0 Å². The van der Waals surface area contributed by atoms with Gasteiger partial charge in [0.25, 0.3) is 0 Å². The van der Waals surface area contributed by atoms with Crippen molar-refractivity contribution in [3.05, 3.63) is 42.6 Å². The second-order valence-corrected chi connectivity index (χ2v) is 4.98. The molecule has 0 bridgehead atoms. The topological polar surface area (TPSA) is 72.0 Å². The maximum atomic E-state index is 5.40. The van der Waals surface area contributed by atoms with Gasteiger partial charge in [-0.1, -0.05) is 0 Å². The average Bonchev–Trinajstić information content (AvgIpc) is 3.07. The van der Waals surface area contributed by atoms with E-state index in [1.54, 1.807) is 12.5 Å². The fourth-order valence-corrected chi connectivity index (χ4v) is 2.32. The van der Waals surface area contributed by atoms with Gasteiger partial charge in [-0.3, -0.25) is 4.98 Å². The fraction of sp³-hybridized carbons (Fsp3) is 0.400. The molecular formula is C15H19N5O. The lowest BCUT2D eigenvalue weighted by Crippen LogP contribution is -2.15. The van der Waals surface area contributed by atoms with Crippen molar-refractivity contribution in [2.75, 3.05) is 36.9 Å². The van der Waals surface area contributed by atoms with Crippen molar-refractivity contribution in [1.29, 1.82) is 0 Å². The summed E-state index contributed by atoms with van der Waals surface area (Å²) in [5.74, 6) is 1.27. The van der Waals surface area contributed by atoms with Crippen molar-refractivity contribution < 1.29 is 4.74 Å². The molecule has 1 fully saturated rings. The highest BCUT2D eigenvalue weighted by Gasteiger charge is 2.19. The van der Waals surface area contributed by atoms with Gasteiger partial charge in [-0.25, -0.2) is 9.97 Å². The van der Waals surface area contributed by atoms with Gasteiger partial charge in [0.05, 0.1) is 18.0 Å². The monoisotopic (exact) mass is 285 g/mol. The van der Waals surface area contributed by atoms with Crippen molar-refractivity contribution in [3.63, 3.8) is 0 Å². The minimum atomic E-state index is 0.405. The maximum Gasteiger partial charge on any atom is 0.129 e. The standard InChI is InChI=1S/C15H19N5O/c1-2-13(9-16-4-1)17-5-6-18-15-8-14(19-11-20-15)12-3-7-21-10-12/h1-2,4,8-9,11-12,17H,3,5-7,10H2,(H,18,19,20). The summed E-state index contributed by atoms with van der Waals surface area (Å²) in [7, 11) is 0. The molecule has 110 valence electrons. The van der Waals surface area contributed by atoms with E-state index < -0.39 is 0 Å². The van der Waals surface area contributed by atoms with E-state index in [0.29, 0.717) is 5.92 Å². The first kappa shape index (κ1) is 13.8. The summed E-state index contributed by atoms with van der Waals surface area (Å²) < 4.78 is 5.40. The second-order valence-electron chi connectivity index (χ2n) is 4.98. The van der Waals surface area contributed by atoms with E-state index in [9.17, 15) is 0 Å². The van der Waals surface area contributed by atoms with Crippen molar-refractivity contribution in [2.24, 2.45) is 0 Å². The van der Waals surface area contributed by atoms with Crippen LogP contribution < -0.4 is 10.6 Å². The van der Waals surface area contributed by atoms with Crippen LogP contribution in [0.3, 0.4) is 0 Å². The van der Waals surface area contributed by atoms with Crippen LogP contribution in [0.4, 0.5) is 11.5 Å². The predicted molar refractivity (Wildman–Crippen MR) is 81.4 cm³/mol. The van der Waals surface area contributed by atoms with E-state index in [1.807, 2.05) is 24.4 Å². The molecule has 0 aliphatic carbocycles. The van der Waals surface area contributed by atoms with E-state index in [0.717, 1.165) is 49.9 Å². The first-order valence-corrected chi connectivity index (χ1v) is 7.19. The van der Waals surface area contributed by atoms with Gasteiger partial charge in [-0.05, 0) is 18.6 Å². The number of hydrogen-bond donors (Lipinski definition) is 2. The zero-order chi connectivity index (χ0) is 14.3. The lowest BCUT2D eigenvalue weighted by Gasteiger charge is -2.10. The summed E-state index contributed by atoms with van der Waals surface area (Å²) in [4.78, 5) is 12.7. The Hall–Kier alpha value is -2.21. The molecule has 0 amide bonds. The highest BCUT2D eigenvalue weighted by atomic mass is 16.5. The number of pyridine rings is 1. The lowest BCUT2D eigenvalue weighted by atomic mass is 10.1. The summed E-state index contributed by atoms with van der Waals surface area (Å²) in [5, 5.41) is 6.60. The molecule has 0 aromatic carbocycles. The molecule has 21 heavy (non-hydrogen) atoms. The molecule has 0 radical (unpaired) electrons. The number of nitrogens with zero attached hydrogens (tertiary/aromatic N) is 3. The van der Waals surface area contributed by atoms with Crippen LogP contribution in [-0.4, -0.2) is 41.3 Å². The van der Waals surface area contributed by atoms with Gasteiger partial charge in [0.1, 0.15) is 12.1 Å². The van der Waals surface area contributed by atoms with Crippen LogP contribution in [0.1, 0.15) is 18.0 Å². The quantitative estimate of drug-likeness (QED) is 0.790. The minimum absolute atomic E-state index is 0.405. The lowest BCUT2D eigenvalue weighted by molar-refractivity contribution is 0.193. The summed E-state index contributed by atoms with van der Waals surface area (Å²) in [5.41, 5.74) is 2.08. The third kappa shape index (κ3) is 3.88. The van der Waals surface area contributed by atoms with Gasteiger partial charge in [-0.15, -0.1) is 0 Å². The third-order valence-electron chi connectivity index (χ3n) is 3.46. The summed E-state index contributed by atoms with van der Waals surface area (Å²) in [6, 6.07) is 5.93. The maximum absolute atomic E-state index is 5.40. The molecule has 1 saturated heterocycles. The highest BCUT2D eigenvalue weighted by Crippen LogP contribution is 2.24. The zero-order valence-corrected chi connectivity index (χ0v) is 11.8. The Labute approximate surface area is 124 Å². The first-order valence-electron chi connectivity index (χ1n) is 7.19. The molecule has 2 N–H and O–H groups in total. The van der Waals surface area contributed by atoms with Crippen molar-refractivity contribution in [2.45, 2.75) is 12.3 Å². The van der Waals surface area contributed by atoms with E-state index in [1.165, 1.54) is 0 Å². The molecule has 2 aromatic heterocycles. The Morgan fingerprint density at radius 3 is 3.00 bits per heavy atom. The van der Waals surface area contributed by atoms with Crippen LogP contribution in [0.25, 0.3) is 0 Å². The number of nitrogens with one attached hydrogen (secondary N) is 2. The Bertz CT molecular complexity index is 557. The minimum Gasteiger partial charge on any atom is -0.382 e. The number of rotatable bonds is 6. The number of hydrogen-bond acceptors (Lipinski definition) is 6. The normalized spacial score (nSPS) is 17.6. The second kappa shape index (κ2) is 6.99.